The summed E-state index contributed by atoms with van der Waals surface area (Å²) in [5.41, 5.74) is 1.61. The number of amides is 1. The number of hydrogen-bond acceptors (Lipinski definition) is 4. The number of piperidine rings is 1. The van der Waals surface area contributed by atoms with Crippen molar-refractivity contribution >= 4 is 29.2 Å². The molecule has 1 saturated heterocycles. The van der Waals surface area contributed by atoms with Crippen LogP contribution in [0.3, 0.4) is 0 Å². The highest BCUT2D eigenvalue weighted by Crippen LogP contribution is 2.42. The van der Waals surface area contributed by atoms with Crippen molar-refractivity contribution in [2.75, 3.05) is 18.4 Å². The Labute approximate surface area is 159 Å². The lowest BCUT2D eigenvalue weighted by Gasteiger charge is -2.41. The predicted molar refractivity (Wildman–Crippen MR) is 102 cm³/mol. The van der Waals surface area contributed by atoms with Gasteiger partial charge >= 0.3 is 5.97 Å². The normalized spacial score (nSPS) is 20.0. The van der Waals surface area contributed by atoms with E-state index in [1.54, 1.807) is 19.1 Å². The number of hydrogen-bond donors (Lipinski definition) is 1. The molecule has 1 amide bonds. The number of ether oxygens (including phenoxy) is 1. The van der Waals surface area contributed by atoms with Gasteiger partial charge in [-0.3, -0.25) is 4.79 Å². The van der Waals surface area contributed by atoms with Gasteiger partial charge in [-0.1, -0.05) is 17.7 Å². The van der Waals surface area contributed by atoms with Crippen LogP contribution in [0, 0.1) is 6.92 Å². The lowest BCUT2D eigenvalue weighted by atomic mass is 9.82. The Morgan fingerprint density at radius 2 is 1.92 bits per heavy atom. The van der Waals surface area contributed by atoms with Crippen LogP contribution in [0.1, 0.15) is 39.2 Å². The Morgan fingerprint density at radius 1 is 1.27 bits per heavy atom. The maximum atomic E-state index is 13.1. The quantitative estimate of drug-likeness (QED) is 0.817. The summed E-state index contributed by atoms with van der Waals surface area (Å²) in [5, 5.41) is 3.47. The molecule has 6 heteroatoms. The van der Waals surface area contributed by atoms with E-state index in [-0.39, 0.29) is 5.91 Å². The molecule has 26 heavy (non-hydrogen) atoms. The van der Waals surface area contributed by atoms with Gasteiger partial charge < -0.3 is 15.0 Å². The van der Waals surface area contributed by atoms with Crippen molar-refractivity contribution in [2.24, 2.45) is 0 Å². The summed E-state index contributed by atoms with van der Waals surface area (Å²) in [7, 11) is 0. The van der Waals surface area contributed by atoms with E-state index in [1.807, 2.05) is 13.0 Å². The van der Waals surface area contributed by atoms with Crippen LogP contribution in [0.15, 0.2) is 29.3 Å². The second-order valence-corrected chi connectivity index (χ2v) is 7.86. The third-order valence-corrected chi connectivity index (χ3v) is 5.67. The number of halogens is 1. The molecule has 1 N–H and O–H groups in total. The molecule has 2 aliphatic heterocycles. The molecule has 0 radical (unpaired) electrons. The van der Waals surface area contributed by atoms with Crippen LogP contribution in [-0.4, -0.2) is 41.5 Å². The average molecular weight is 377 g/mol. The summed E-state index contributed by atoms with van der Waals surface area (Å²) >= 11 is 6.05. The van der Waals surface area contributed by atoms with Gasteiger partial charge in [0.15, 0.2) is 0 Å². The lowest BCUT2D eigenvalue weighted by Crippen LogP contribution is -2.49. The minimum absolute atomic E-state index is 0.281. The number of carbonyl (C=O) groups excluding carboxylic acids is 2. The fourth-order valence-corrected chi connectivity index (χ4v) is 3.97. The maximum Gasteiger partial charge on any atom is 0.335 e. The molecule has 0 bridgehead atoms. The van der Waals surface area contributed by atoms with Crippen LogP contribution in [0.4, 0.5) is 5.69 Å². The summed E-state index contributed by atoms with van der Waals surface area (Å²) in [6.07, 6.45) is 1.26. The summed E-state index contributed by atoms with van der Waals surface area (Å²) < 4.78 is 5.73. The van der Waals surface area contributed by atoms with Crippen LogP contribution in [-0.2, 0) is 14.3 Å². The number of carbonyl (C=O) groups is 2. The van der Waals surface area contributed by atoms with Crippen LogP contribution in [0.2, 0.25) is 5.02 Å². The van der Waals surface area contributed by atoms with Crippen molar-refractivity contribution in [1.29, 1.82) is 0 Å². The second-order valence-electron chi connectivity index (χ2n) is 7.43. The number of likely N-dealkylation sites (tertiary alicyclic amines) is 1. The van der Waals surface area contributed by atoms with Crippen LogP contribution in [0.5, 0.6) is 0 Å². The monoisotopic (exact) mass is 376 g/mol. The topological polar surface area (TPSA) is 58.6 Å². The molecule has 0 saturated carbocycles. The zero-order chi connectivity index (χ0) is 19.1. The van der Waals surface area contributed by atoms with Gasteiger partial charge in [0.25, 0.3) is 5.91 Å². The largest absolute Gasteiger partial charge is 0.450 e. The molecule has 1 aromatic rings. The predicted octanol–water partition coefficient (Wildman–Crippen LogP) is 3.70. The zero-order valence-electron chi connectivity index (χ0n) is 15.7. The first kappa shape index (κ1) is 18.9. The fourth-order valence-electron chi connectivity index (χ4n) is 3.79. The van der Waals surface area contributed by atoms with E-state index >= 15 is 0 Å². The molecule has 0 aromatic heterocycles. The molecule has 2 aliphatic rings. The molecule has 2 heterocycles. The molecule has 140 valence electrons. The van der Waals surface area contributed by atoms with Gasteiger partial charge in [-0.15, -0.1) is 0 Å². The van der Waals surface area contributed by atoms with Gasteiger partial charge in [0.05, 0.1) is 5.57 Å². The number of esters is 1. The van der Waals surface area contributed by atoms with E-state index in [0.717, 1.165) is 18.7 Å². The third-order valence-electron chi connectivity index (χ3n) is 5.44. The first-order chi connectivity index (χ1) is 12.2. The summed E-state index contributed by atoms with van der Waals surface area (Å²) in [4.78, 5) is 27.7. The van der Waals surface area contributed by atoms with Crippen molar-refractivity contribution in [3.63, 3.8) is 0 Å². The molecule has 0 atom stereocenters. The smallest absolute Gasteiger partial charge is 0.335 e. The van der Waals surface area contributed by atoms with Crippen molar-refractivity contribution in [3.05, 3.63) is 39.9 Å². The Hall–Kier alpha value is -1.85. The summed E-state index contributed by atoms with van der Waals surface area (Å²) in [6.45, 7) is 9.47. The number of anilines is 1. The van der Waals surface area contributed by atoms with Crippen molar-refractivity contribution in [1.82, 2.24) is 4.90 Å². The molecule has 3 rings (SSSR count). The van der Waals surface area contributed by atoms with Crippen LogP contribution >= 0.6 is 11.6 Å². The van der Waals surface area contributed by atoms with E-state index < -0.39 is 11.6 Å². The van der Waals surface area contributed by atoms with Gasteiger partial charge in [0.2, 0.25) is 0 Å². The van der Waals surface area contributed by atoms with Gasteiger partial charge in [-0.05, 0) is 45.4 Å². The zero-order valence-corrected chi connectivity index (χ0v) is 16.4. The fraction of sp³-hybridized carbons (Fsp3) is 0.500. The van der Waals surface area contributed by atoms with Crippen molar-refractivity contribution in [3.8, 4) is 0 Å². The number of rotatable bonds is 3. The van der Waals surface area contributed by atoms with E-state index in [0.29, 0.717) is 40.7 Å². The first-order valence-electron chi connectivity index (χ1n) is 9.00. The number of benzene rings is 1. The summed E-state index contributed by atoms with van der Waals surface area (Å²) in [5.74, 6) is -0.673. The average Bonchev–Trinajstić information content (AvgIpc) is 2.81. The first-order valence-corrected chi connectivity index (χ1v) is 9.37. The molecular formula is C20H25ClN2O3. The van der Waals surface area contributed by atoms with Crippen LogP contribution < -0.4 is 5.32 Å². The highest BCUT2D eigenvalue weighted by atomic mass is 35.5. The van der Waals surface area contributed by atoms with Gasteiger partial charge in [-0.2, -0.15) is 0 Å². The second kappa shape index (κ2) is 7.05. The third kappa shape index (κ3) is 3.38. The maximum absolute atomic E-state index is 13.1. The van der Waals surface area contributed by atoms with E-state index in [1.165, 1.54) is 0 Å². The molecule has 1 spiro atoms. The molecule has 1 aromatic carbocycles. The number of nitrogens with zero attached hydrogens (tertiary/aromatic N) is 1. The van der Waals surface area contributed by atoms with Gasteiger partial charge in [-0.25, -0.2) is 4.79 Å². The molecule has 0 aliphatic carbocycles. The van der Waals surface area contributed by atoms with Crippen LogP contribution in [0.25, 0.3) is 0 Å². The highest BCUT2D eigenvalue weighted by Gasteiger charge is 2.50. The SMILES string of the molecule is CC1=C(C(=O)Nc2cc(Cl)ccc2C)C2(CCN(C(C)C)CC2)OC1=O. The Balaban J connectivity index is 1.87. The Morgan fingerprint density at radius 3 is 2.54 bits per heavy atom. The van der Waals surface area contributed by atoms with Crippen molar-refractivity contribution < 1.29 is 14.3 Å². The van der Waals surface area contributed by atoms with Crippen molar-refractivity contribution in [2.45, 2.75) is 52.2 Å². The van der Waals surface area contributed by atoms with Gasteiger partial charge in [0.1, 0.15) is 5.60 Å². The molecular weight excluding hydrogens is 352 g/mol. The van der Waals surface area contributed by atoms with E-state index in [9.17, 15) is 9.59 Å². The lowest BCUT2D eigenvalue weighted by molar-refractivity contribution is -0.151. The minimum Gasteiger partial charge on any atom is -0.450 e. The standard InChI is InChI=1S/C20H25ClN2O3/c1-12(2)23-9-7-20(8-10-23)17(14(4)19(25)26-20)18(24)22-16-11-15(21)6-5-13(16)3/h5-6,11-12H,7-10H2,1-4H3,(H,22,24). The molecule has 0 unspecified atom stereocenters. The number of nitrogens with one attached hydrogen (secondary N) is 1. The highest BCUT2D eigenvalue weighted by molar-refractivity contribution is 6.31. The molecule has 1 fully saturated rings. The molecule has 5 nitrogen and oxygen atoms in total. The van der Waals surface area contributed by atoms with Gasteiger partial charge in [0, 0.05) is 48.3 Å². The minimum atomic E-state index is -0.816. The summed E-state index contributed by atoms with van der Waals surface area (Å²) in [6, 6.07) is 5.78. The Kier molecular flexibility index (Phi) is 5.13. The Bertz CT molecular complexity index is 777. The van der Waals surface area contributed by atoms with E-state index in [4.69, 9.17) is 16.3 Å². The number of aryl methyl sites for hydroxylation is 1. The van der Waals surface area contributed by atoms with E-state index in [2.05, 4.69) is 24.1 Å².